The summed E-state index contributed by atoms with van der Waals surface area (Å²) in [4.78, 5) is 0. The lowest BCUT2D eigenvalue weighted by Gasteiger charge is -2.55. The lowest BCUT2D eigenvalue weighted by molar-refractivity contribution is 0.563. The molecule has 0 amide bonds. The Labute approximate surface area is 231 Å². The van der Waals surface area contributed by atoms with Gasteiger partial charge >= 0.3 is 0 Å². The average Bonchev–Trinajstić information content (AvgIpc) is 3.42. The van der Waals surface area contributed by atoms with Crippen molar-refractivity contribution in [1.82, 2.24) is 4.44 Å². The molecule has 4 aromatic rings. The highest BCUT2D eigenvalue weighted by Crippen LogP contribution is 2.86. The molecular formula is C35H39NP2. The summed E-state index contributed by atoms with van der Waals surface area (Å²) >= 11 is 0. The SMILES string of the molecule is CCCCN(P1[C@H](c2ccccc2)CC[C@H]1c1ccccc1)P1[C@H](c2ccccc2)C[C@H]1c1ccccc1. The number of hydrogen-bond donors (Lipinski definition) is 0. The summed E-state index contributed by atoms with van der Waals surface area (Å²) in [5, 5.41) is 0. The Balaban J connectivity index is 1.45. The van der Waals surface area contributed by atoms with Crippen LogP contribution in [0.2, 0.25) is 0 Å². The first-order valence-electron chi connectivity index (χ1n) is 14.4. The van der Waals surface area contributed by atoms with Gasteiger partial charge in [-0.3, -0.25) is 4.44 Å². The molecule has 0 N–H and O–H groups in total. The van der Waals surface area contributed by atoms with Crippen LogP contribution >= 0.6 is 16.1 Å². The van der Waals surface area contributed by atoms with Crippen LogP contribution in [0.25, 0.3) is 0 Å². The molecule has 6 rings (SSSR count). The molecule has 0 unspecified atom stereocenters. The standard InChI is InChI=1S/C35H39NP2/c1-2-3-26-36(38-34(30-20-12-6-13-21-30)27-35(38)31-22-14-7-15-23-31)37-32(28-16-8-4-9-17-28)24-25-33(37)29-18-10-5-11-19-29/h4-23,32-35H,2-3,24-27H2,1H3/t32-,33-,34-,35-/m0/s1. The molecule has 0 aromatic heterocycles. The maximum atomic E-state index is 3.15. The summed E-state index contributed by atoms with van der Waals surface area (Å²) in [6.07, 6.45) is 6.41. The molecule has 2 fully saturated rings. The van der Waals surface area contributed by atoms with Crippen molar-refractivity contribution < 1.29 is 0 Å². The van der Waals surface area contributed by atoms with Crippen molar-refractivity contribution >= 4 is 16.1 Å². The second kappa shape index (κ2) is 12.3. The third-order valence-corrected chi connectivity index (χ3v) is 15.8. The minimum atomic E-state index is -0.365. The second-order valence-corrected chi connectivity index (χ2v) is 16.0. The van der Waals surface area contributed by atoms with E-state index in [1.807, 2.05) is 0 Å². The normalized spacial score (nSPS) is 23.9. The molecule has 194 valence electrons. The van der Waals surface area contributed by atoms with Crippen LogP contribution in [-0.2, 0) is 0 Å². The van der Waals surface area contributed by atoms with E-state index < -0.39 is 0 Å². The fourth-order valence-corrected chi connectivity index (χ4v) is 15.1. The van der Waals surface area contributed by atoms with Gasteiger partial charge in [-0.15, -0.1) is 0 Å². The summed E-state index contributed by atoms with van der Waals surface area (Å²) in [5.41, 5.74) is 8.81. The zero-order chi connectivity index (χ0) is 25.7. The first-order valence-corrected chi connectivity index (χ1v) is 17.3. The molecule has 1 nitrogen and oxygen atoms in total. The Morgan fingerprint density at radius 3 is 1.24 bits per heavy atom. The fourth-order valence-electron chi connectivity index (χ4n) is 6.51. The van der Waals surface area contributed by atoms with Gasteiger partial charge in [-0.25, -0.2) is 0 Å². The zero-order valence-corrected chi connectivity index (χ0v) is 24.2. The van der Waals surface area contributed by atoms with Crippen LogP contribution in [0.15, 0.2) is 121 Å². The van der Waals surface area contributed by atoms with Gasteiger partial charge in [0.2, 0.25) is 0 Å². The summed E-state index contributed by atoms with van der Waals surface area (Å²) in [6, 6.07) is 45.9. The molecule has 0 spiro atoms. The minimum Gasteiger partial charge on any atom is -0.258 e. The van der Waals surface area contributed by atoms with Crippen molar-refractivity contribution in [3.63, 3.8) is 0 Å². The molecular weight excluding hydrogens is 496 g/mol. The van der Waals surface area contributed by atoms with Gasteiger partial charge in [-0.1, -0.05) is 135 Å². The van der Waals surface area contributed by atoms with Crippen LogP contribution in [-0.4, -0.2) is 11.0 Å². The molecule has 4 atom stereocenters. The van der Waals surface area contributed by atoms with Gasteiger partial charge < -0.3 is 0 Å². The highest BCUT2D eigenvalue weighted by molar-refractivity contribution is 7.72. The molecule has 3 heteroatoms. The average molecular weight is 536 g/mol. The molecule has 0 bridgehead atoms. The number of rotatable bonds is 9. The number of hydrogen-bond acceptors (Lipinski definition) is 1. The highest BCUT2D eigenvalue weighted by Gasteiger charge is 2.51. The lowest BCUT2D eigenvalue weighted by Crippen LogP contribution is -2.29. The van der Waals surface area contributed by atoms with E-state index in [1.165, 1.54) is 38.6 Å². The topological polar surface area (TPSA) is 3.24 Å². The van der Waals surface area contributed by atoms with Crippen molar-refractivity contribution in [2.45, 2.75) is 61.7 Å². The van der Waals surface area contributed by atoms with Gasteiger partial charge in [-0.05, 0) is 64.1 Å². The van der Waals surface area contributed by atoms with Gasteiger partial charge in [0.1, 0.15) is 0 Å². The molecule has 0 saturated carbocycles. The largest absolute Gasteiger partial charge is 0.258 e. The van der Waals surface area contributed by atoms with Gasteiger partial charge in [-0.2, -0.15) is 0 Å². The van der Waals surface area contributed by atoms with Gasteiger partial charge in [0.05, 0.1) is 0 Å². The van der Waals surface area contributed by atoms with Crippen molar-refractivity contribution in [3.8, 4) is 0 Å². The van der Waals surface area contributed by atoms with Crippen LogP contribution in [0.4, 0.5) is 0 Å². The summed E-state index contributed by atoms with van der Waals surface area (Å²) in [6.45, 7) is 3.59. The molecule has 38 heavy (non-hydrogen) atoms. The minimum absolute atomic E-state index is 0.335. The number of benzene rings is 4. The first-order chi connectivity index (χ1) is 18.8. The molecule has 2 aliphatic heterocycles. The third-order valence-electron chi connectivity index (χ3n) is 8.42. The summed E-state index contributed by atoms with van der Waals surface area (Å²) in [5.74, 6) is 0. The van der Waals surface area contributed by atoms with Crippen LogP contribution in [0.1, 0.15) is 83.9 Å². The van der Waals surface area contributed by atoms with Crippen LogP contribution < -0.4 is 0 Å². The van der Waals surface area contributed by atoms with Crippen molar-refractivity contribution in [3.05, 3.63) is 144 Å². The van der Waals surface area contributed by atoms with E-state index >= 15 is 0 Å². The monoisotopic (exact) mass is 535 g/mol. The molecule has 2 heterocycles. The van der Waals surface area contributed by atoms with Crippen LogP contribution in [0, 0.1) is 0 Å². The van der Waals surface area contributed by atoms with E-state index in [0.29, 0.717) is 22.6 Å². The van der Waals surface area contributed by atoms with E-state index in [-0.39, 0.29) is 16.1 Å². The zero-order valence-electron chi connectivity index (χ0n) is 22.4. The van der Waals surface area contributed by atoms with E-state index in [1.54, 1.807) is 22.3 Å². The van der Waals surface area contributed by atoms with Gasteiger partial charge in [0, 0.05) is 29.2 Å². The summed E-state index contributed by atoms with van der Waals surface area (Å²) in [7, 11) is -0.701. The second-order valence-electron chi connectivity index (χ2n) is 10.7. The predicted molar refractivity (Wildman–Crippen MR) is 166 cm³/mol. The fraction of sp³-hybridized carbons (Fsp3) is 0.314. The summed E-state index contributed by atoms with van der Waals surface area (Å²) < 4.78 is 3.15. The van der Waals surface area contributed by atoms with Crippen molar-refractivity contribution in [2.24, 2.45) is 0 Å². The van der Waals surface area contributed by atoms with E-state index in [9.17, 15) is 0 Å². The van der Waals surface area contributed by atoms with E-state index in [4.69, 9.17) is 0 Å². The van der Waals surface area contributed by atoms with Crippen molar-refractivity contribution in [1.29, 1.82) is 0 Å². The maximum Gasteiger partial charge on any atom is 0.0192 e. The van der Waals surface area contributed by atoms with Gasteiger partial charge in [0.25, 0.3) is 0 Å². The Morgan fingerprint density at radius 1 is 0.526 bits per heavy atom. The number of nitrogens with zero attached hydrogens (tertiary/aromatic N) is 1. The Bertz CT molecular complexity index is 1170. The molecule has 4 aromatic carbocycles. The van der Waals surface area contributed by atoms with Crippen molar-refractivity contribution in [2.75, 3.05) is 6.54 Å². The molecule has 2 aliphatic rings. The molecule has 0 radical (unpaired) electrons. The Hall–Kier alpha value is -2.30. The van der Waals surface area contributed by atoms with Crippen LogP contribution in [0.5, 0.6) is 0 Å². The van der Waals surface area contributed by atoms with Gasteiger partial charge in [0.15, 0.2) is 0 Å². The van der Waals surface area contributed by atoms with E-state index in [2.05, 4.69) is 133 Å². The third kappa shape index (κ3) is 5.27. The number of unbranched alkanes of at least 4 members (excludes halogenated alkanes) is 1. The highest BCUT2D eigenvalue weighted by atomic mass is 31.2. The van der Waals surface area contributed by atoms with E-state index in [0.717, 1.165) is 0 Å². The Morgan fingerprint density at radius 2 is 0.868 bits per heavy atom. The maximum absolute atomic E-state index is 3.15. The quantitative estimate of drug-likeness (QED) is 0.193. The smallest absolute Gasteiger partial charge is 0.0192 e. The predicted octanol–water partition coefficient (Wildman–Crippen LogP) is 11.0. The molecule has 2 saturated heterocycles. The first kappa shape index (κ1) is 26.0. The van der Waals surface area contributed by atoms with Crippen LogP contribution in [0.3, 0.4) is 0 Å². The lowest BCUT2D eigenvalue weighted by atomic mass is 10.0. The molecule has 0 aliphatic carbocycles. The Kier molecular flexibility index (Phi) is 8.37.